The predicted octanol–water partition coefficient (Wildman–Crippen LogP) is 17.1. The minimum absolute atomic E-state index is 0.153. The molecule has 0 amide bonds. The van der Waals surface area contributed by atoms with Crippen molar-refractivity contribution >= 4 is 36.5 Å². The van der Waals surface area contributed by atoms with Crippen molar-refractivity contribution in [2.24, 2.45) is 0 Å². The fourth-order valence-electron chi connectivity index (χ4n) is 7.62. The number of aldehydes is 1. The molecule has 364 valence electrons. The number of carbonyl (C=O) groups is 4. The van der Waals surface area contributed by atoms with Crippen LogP contribution in [0, 0.1) is 0 Å². The first-order valence-electron chi connectivity index (χ1n) is 26.3. The van der Waals surface area contributed by atoms with Crippen molar-refractivity contribution in [3.63, 3.8) is 0 Å². The lowest BCUT2D eigenvalue weighted by molar-refractivity contribution is -0.157. The first-order valence-corrected chi connectivity index (χ1v) is 27.7. The van der Waals surface area contributed by atoms with Crippen LogP contribution >= 0.6 is 11.8 Å². The number of hydrogen-bond acceptors (Lipinski definition) is 7. The van der Waals surface area contributed by atoms with E-state index in [0.717, 1.165) is 44.8 Å². The molecule has 0 saturated carbocycles. The number of ether oxygens (including phenoxy) is 2. The molecule has 0 aromatic heterocycles. The summed E-state index contributed by atoms with van der Waals surface area (Å²) in [5, 5.41) is 6.89. The number of rotatable bonds is 47. The van der Waals surface area contributed by atoms with Gasteiger partial charge < -0.3 is 19.4 Å². The molecular formula is C53H104O7S. The van der Waals surface area contributed by atoms with E-state index in [1.54, 1.807) is 11.8 Å². The molecule has 1 atom stereocenters. The Bertz CT molecular complexity index is 854. The molecule has 0 aliphatic rings. The van der Waals surface area contributed by atoms with Gasteiger partial charge in [-0.05, 0) is 25.5 Å². The molecule has 7 nitrogen and oxygen atoms in total. The lowest BCUT2D eigenvalue weighted by Crippen LogP contribution is -2.27. The molecule has 0 bridgehead atoms. The average molecular weight is 885 g/mol. The van der Waals surface area contributed by atoms with E-state index in [0.29, 0.717) is 18.6 Å². The Labute approximate surface area is 384 Å². The van der Waals surface area contributed by atoms with Gasteiger partial charge in [0.2, 0.25) is 0 Å². The normalized spacial score (nSPS) is 11.2. The summed E-state index contributed by atoms with van der Waals surface area (Å²) in [7, 11) is 0. The van der Waals surface area contributed by atoms with Gasteiger partial charge in [-0.3, -0.25) is 14.4 Å². The second kappa shape index (κ2) is 60.5. The highest BCUT2D eigenvalue weighted by atomic mass is 32.2. The highest BCUT2D eigenvalue weighted by Gasteiger charge is 2.16. The van der Waals surface area contributed by atoms with Crippen LogP contribution in [0.25, 0.3) is 0 Å². The first-order chi connectivity index (χ1) is 30.0. The van der Waals surface area contributed by atoms with Crippen LogP contribution in [0.3, 0.4) is 0 Å². The summed E-state index contributed by atoms with van der Waals surface area (Å²) in [4.78, 5) is 43.0. The summed E-state index contributed by atoms with van der Waals surface area (Å²) < 4.78 is 11.1. The molecule has 8 heteroatoms. The van der Waals surface area contributed by atoms with E-state index < -0.39 is 0 Å². The number of carbonyl (C=O) groups excluding carboxylic acids is 3. The number of unbranched alkanes of at least 4 members (excludes halogenated alkanes) is 37. The topological polar surface area (TPSA) is 107 Å². The predicted molar refractivity (Wildman–Crippen MR) is 265 cm³/mol. The highest BCUT2D eigenvalue weighted by molar-refractivity contribution is 7.98. The molecule has 0 aromatic rings. The van der Waals surface area contributed by atoms with Crippen LogP contribution in [-0.2, 0) is 28.7 Å². The molecule has 0 aliphatic heterocycles. The van der Waals surface area contributed by atoms with Crippen molar-refractivity contribution in [1.29, 1.82) is 0 Å². The second-order valence-corrected chi connectivity index (χ2v) is 18.4. The smallest absolute Gasteiger partial charge is 0.306 e. The Hall–Kier alpha value is -1.57. The van der Waals surface area contributed by atoms with Gasteiger partial charge in [0.25, 0.3) is 6.47 Å². The van der Waals surface area contributed by atoms with Crippen molar-refractivity contribution in [3.8, 4) is 0 Å². The molecule has 1 unspecified atom stereocenters. The summed E-state index contributed by atoms with van der Waals surface area (Å²) in [6, 6.07) is 0. The maximum Gasteiger partial charge on any atom is 0.306 e. The third-order valence-corrected chi connectivity index (χ3v) is 12.2. The molecular weight excluding hydrogens is 781 g/mol. The quantitative estimate of drug-likeness (QED) is 0.0366. The van der Waals surface area contributed by atoms with Gasteiger partial charge in [-0.15, -0.1) is 0 Å². The van der Waals surface area contributed by atoms with E-state index in [1.807, 2.05) is 6.26 Å². The Morgan fingerprint density at radius 2 is 0.705 bits per heavy atom. The number of hydrogen-bond donors (Lipinski definition) is 1. The minimum atomic E-state index is -0.338. The van der Waals surface area contributed by atoms with Gasteiger partial charge in [0.05, 0.1) is 0 Å². The van der Waals surface area contributed by atoms with Crippen LogP contribution in [-0.4, -0.2) is 54.5 Å². The molecule has 1 N–H and O–H groups in total. The minimum Gasteiger partial charge on any atom is -0.483 e. The van der Waals surface area contributed by atoms with Crippen LogP contribution in [0.15, 0.2) is 0 Å². The number of thioether (sulfide) groups is 1. The molecule has 0 heterocycles. The monoisotopic (exact) mass is 885 g/mol. The molecule has 0 radical (unpaired) electrons. The lowest BCUT2D eigenvalue weighted by atomic mass is 10.0. The summed E-state index contributed by atoms with van der Waals surface area (Å²) in [6.45, 7) is 6.75. The maximum absolute atomic E-state index is 12.3. The molecule has 0 fully saturated rings. The van der Waals surface area contributed by atoms with Gasteiger partial charge in [-0.1, -0.05) is 252 Å². The Kier molecular flexibility index (Phi) is 63.2. The van der Waals surface area contributed by atoms with Crippen molar-refractivity contribution in [2.45, 2.75) is 297 Å². The summed E-state index contributed by atoms with van der Waals surface area (Å²) in [5.41, 5.74) is 0. The van der Waals surface area contributed by atoms with Crippen molar-refractivity contribution in [1.82, 2.24) is 0 Å². The van der Waals surface area contributed by atoms with Crippen molar-refractivity contribution in [3.05, 3.63) is 0 Å². The summed E-state index contributed by atoms with van der Waals surface area (Å²) >= 11 is 1.62. The summed E-state index contributed by atoms with van der Waals surface area (Å²) in [5.74, 6) is 0.350. The summed E-state index contributed by atoms with van der Waals surface area (Å²) in [6.07, 6.45) is 55.8. The van der Waals surface area contributed by atoms with Crippen LogP contribution in [0.2, 0.25) is 0 Å². The lowest BCUT2D eigenvalue weighted by Gasteiger charge is -2.17. The third-order valence-electron chi connectivity index (χ3n) is 11.5. The van der Waals surface area contributed by atoms with Crippen LogP contribution in [0.1, 0.15) is 290 Å². The number of carboxylic acid groups (broad SMARTS) is 1. The highest BCUT2D eigenvalue weighted by Crippen LogP contribution is 2.16. The fourth-order valence-corrected chi connectivity index (χ4v) is 8.16. The zero-order chi connectivity index (χ0) is 45.4. The van der Waals surface area contributed by atoms with Crippen LogP contribution in [0.5, 0.6) is 0 Å². The largest absolute Gasteiger partial charge is 0.483 e. The zero-order valence-corrected chi connectivity index (χ0v) is 42.0. The second-order valence-electron chi connectivity index (χ2n) is 17.5. The SMILES string of the molecule is CCCCCCCCCCCCCCCC(=O)OCC(CSC)OC(=O)CCCCCCCCCCCCCCC.CCCCCCCCCCCCCCCC=O.O=CO. The van der Waals surface area contributed by atoms with Gasteiger partial charge in [0.1, 0.15) is 19.0 Å². The zero-order valence-electron chi connectivity index (χ0n) is 41.1. The van der Waals surface area contributed by atoms with Crippen molar-refractivity contribution < 1.29 is 33.8 Å². The third kappa shape index (κ3) is 62.8. The molecule has 0 aliphatic carbocycles. The van der Waals surface area contributed by atoms with Gasteiger partial charge >= 0.3 is 11.9 Å². The Morgan fingerprint density at radius 1 is 0.443 bits per heavy atom. The van der Waals surface area contributed by atoms with E-state index in [9.17, 15) is 14.4 Å². The van der Waals surface area contributed by atoms with E-state index in [2.05, 4.69) is 20.8 Å². The molecule has 61 heavy (non-hydrogen) atoms. The van der Waals surface area contributed by atoms with Gasteiger partial charge in [-0.25, -0.2) is 0 Å². The maximum atomic E-state index is 12.3. The molecule has 0 saturated heterocycles. The Balaban J connectivity index is -0.00000139. The average Bonchev–Trinajstić information content (AvgIpc) is 3.25. The number of esters is 2. The van der Waals surface area contributed by atoms with E-state index in [1.165, 1.54) is 218 Å². The van der Waals surface area contributed by atoms with Gasteiger partial charge in [-0.2, -0.15) is 11.8 Å². The van der Waals surface area contributed by atoms with Gasteiger partial charge in [0, 0.05) is 25.0 Å². The molecule has 0 rings (SSSR count). The van der Waals surface area contributed by atoms with E-state index in [4.69, 9.17) is 19.4 Å². The fraction of sp³-hybridized carbons (Fsp3) is 0.925. The first kappa shape index (κ1) is 63.7. The van der Waals surface area contributed by atoms with E-state index in [-0.39, 0.29) is 31.1 Å². The van der Waals surface area contributed by atoms with Crippen molar-refractivity contribution in [2.75, 3.05) is 18.6 Å². The van der Waals surface area contributed by atoms with Crippen LogP contribution in [0.4, 0.5) is 0 Å². The molecule has 0 aromatic carbocycles. The standard InChI is InChI=1S/C36H70O4S.C16H32O.CH2O2/c1-4-6-8-10-12-14-16-18-20-22-24-26-28-30-35(37)39-32-34(33-41-3)40-36(38)31-29-27-25-23-21-19-17-15-13-11-9-7-5-2;1-2-3-4-5-6-7-8-9-10-11-12-13-14-15-16-17;2-1-3/h34H,4-33H2,1-3H3;16H,2-15H2,1H3;1H,(H,2,3). The molecule has 0 spiro atoms. The Morgan fingerprint density at radius 3 is 0.984 bits per heavy atom. The van der Waals surface area contributed by atoms with Gasteiger partial charge in [0.15, 0.2) is 0 Å². The van der Waals surface area contributed by atoms with E-state index >= 15 is 0 Å². The van der Waals surface area contributed by atoms with Crippen LogP contribution < -0.4 is 0 Å².